The third kappa shape index (κ3) is 5.97. The fourth-order valence-corrected chi connectivity index (χ4v) is 3.42. The molecule has 2 aromatic heterocycles. The number of aromatic amines is 2. The van der Waals surface area contributed by atoms with Gasteiger partial charge in [0.2, 0.25) is 5.95 Å². The number of anilines is 1. The van der Waals surface area contributed by atoms with Crippen LogP contribution in [0.3, 0.4) is 0 Å². The van der Waals surface area contributed by atoms with Gasteiger partial charge < -0.3 is 25.9 Å². The topological polar surface area (TPSA) is 180 Å². The normalized spacial score (nSPS) is 11.8. The first-order chi connectivity index (χ1) is 15.8. The van der Waals surface area contributed by atoms with Gasteiger partial charge in [0, 0.05) is 18.2 Å². The largest absolute Gasteiger partial charge is 0.481 e. The first-order valence-electron chi connectivity index (χ1n) is 10.4. The lowest BCUT2D eigenvalue weighted by molar-refractivity contribution is -0.146. The van der Waals surface area contributed by atoms with Crippen molar-refractivity contribution in [2.24, 2.45) is 0 Å². The van der Waals surface area contributed by atoms with Crippen LogP contribution in [-0.2, 0) is 27.2 Å². The first-order valence-corrected chi connectivity index (χ1v) is 10.4. The summed E-state index contributed by atoms with van der Waals surface area (Å²) in [5.74, 6) is -2.20. The number of aryl methyl sites for hydroxylation is 2. The molecule has 174 valence electrons. The molecule has 1 amide bonds. The number of aromatic nitrogens is 3. The van der Waals surface area contributed by atoms with Crippen LogP contribution < -0.4 is 16.6 Å². The van der Waals surface area contributed by atoms with Gasteiger partial charge in [-0.15, -0.1) is 0 Å². The second kappa shape index (κ2) is 10.4. The van der Waals surface area contributed by atoms with Crippen LogP contribution in [-0.4, -0.2) is 50.6 Å². The van der Waals surface area contributed by atoms with Crippen molar-refractivity contribution in [2.45, 2.75) is 38.6 Å². The molecule has 1 atom stereocenters. The number of ether oxygens (including phenoxy) is 1. The number of aliphatic carboxylic acids is 1. The summed E-state index contributed by atoms with van der Waals surface area (Å²) in [6.07, 6.45) is 2.56. The molecule has 6 N–H and O–H groups in total. The number of nitrogens with two attached hydrogens (primary N) is 1. The number of carboxylic acids is 1. The number of nitrogens with one attached hydrogen (secondary N) is 3. The minimum atomic E-state index is -1.07. The highest BCUT2D eigenvalue weighted by atomic mass is 16.5. The van der Waals surface area contributed by atoms with E-state index in [0.717, 1.165) is 11.1 Å². The molecule has 11 nitrogen and oxygen atoms in total. The minimum Gasteiger partial charge on any atom is -0.481 e. The molecule has 0 saturated carbocycles. The molecule has 3 rings (SSSR count). The molecule has 2 heterocycles. The Kier molecular flexibility index (Phi) is 7.44. The number of hydrogen-bond donors (Lipinski definition) is 5. The summed E-state index contributed by atoms with van der Waals surface area (Å²) < 4.78 is 4.92. The Hall–Kier alpha value is -4.15. The van der Waals surface area contributed by atoms with Gasteiger partial charge in [0.25, 0.3) is 11.5 Å². The van der Waals surface area contributed by atoms with E-state index in [2.05, 4.69) is 20.3 Å². The third-order valence-electron chi connectivity index (χ3n) is 5.06. The van der Waals surface area contributed by atoms with Gasteiger partial charge in [-0.2, -0.15) is 4.98 Å². The number of nitrogen functional groups attached to an aromatic ring is 1. The SMILES string of the molecule is CCOC(=O)C(CCC(=O)O)NC(=O)c1ccc(CCc2c[nH]c3nc(N)[nH]c(=O)c23)cc1. The minimum absolute atomic E-state index is 0.0444. The van der Waals surface area contributed by atoms with Crippen LogP contribution in [0.5, 0.6) is 0 Å². The van der Waals surface area contributed by atoms with Crippen molar-refractivity contribution in [3.63, 3.8) is 0 Å². The first kappa shape index (κ1) is 23.5. The van der Waals surface area contributed by atoms with E-state index in [4.69, 9.17) is 15.6 Å². The summed E-state index contributed by atoms with van der Waals surface area (Å²) in [5.41, 5.74) is 7.75. The molecule has 0 aliphatic rings. The summed E-state index contributed by atoms with van der Waals surface area (Å²) in [6.45, 7) is 1.75. The van der Waals surface area contributed by atoms with Crippen LogP contribution >= 0.6 is 0 Å². The van der Waals surface area contributed by atoms with Gasteiger partial charge >= 0.3 is 11.9 Å². The second-order valence-corrected chi connectivity index (χ2v) is 7.40. The summed E-state index contributed by atoms with van der Waals surface area (Å²) in [6, 6.07) is 5.75. The molecular weight excluding hydrogens is 430 g/mol. The fraction of sp³-hybridized carbons (Fsp3) is 0.318. The Morgan fingerprint density at radius 3 is 2.61 bits per heavy atom. The van der Waals surface area contributed by atoms with Gasteiger partial charge in [0.05, 0.1) is 12.0 Å². The Morgan fingerprint density at radius 2 is 1.94 bits per heavy atom. The van der Waals surface area contributed by atoms with Gasteiger partial charge in [0.1, 0.15) is 11.7 Å². The van der Waals surface area contributed by atoms with E-state index >= 15 is 0 Å². The standard InChI is InChI=1S/C22H25N5O6/c1-2-33-21(32)15(9-10-16(28)29)25-19(30)13-6-3-12(4-7-13)5-8-14-11-24-18-17(14)20(31)27-22(23)26-18/h3-4,6-7,11,15H,2,5,8-10H2,1H3,(H,25,30)(H,28,29)(H4,23,24,26,27,31). The van der Waals surface area contributed by atoms with Crippen LogP contribution in [0.4, 0.5) is 5.95 Å². The molecule has 0 bridgehead atoms. The van der Waals surface area contributed by atoms with Crippen LogP contribution in [0.25, 0.3) is 11.0 Å². The van der Waals surface area contributed by atoms with Crippen molar-refractivity contribution in [2.75, 3.05) is 12.3 Å². The van der Waals surface area contributed by atoms with E-state index in [0.29, 0.717) is 29.4 Å². The molecule has 3 aromatic rings. The lowest BCUT2D eigenvalue weighted by Crippen LogP contribution is -2.42. The average molecular weight is 455 g/mol. The number of carboxylic acid groups (broad SMARTS) is 1. The van der Waals surface area contributed by atoms with E-state index in [1.807, 2.05) is 0 Å². The number of rotatable bonds is 10. The molecular formula is C22H25N5O6. The lowest BCUT2D eigenvalue weighted by Gasteiger charge is -2.16. The van der Waals surface area contributed by atoms with Crippen molar-refractivity contribution in [3.8, 4) is 0 Å². The van der Waals surface area contributed by atoms with Gasteiger partial charge in [-0.3, -0.25) is 19.4 Å². The Bertz CT molecular complexity index is 1210. The molecule has 0 radical (unpaired) electrons. The average Bonchev–Trinajstić information content (AvgIpc) is 3.18. The zero-order valence-electron chi connectivity index (χ0n) is 18.0. The van der Waals surface area contributed by atoms with Crippen molar-refractivity contribution in [1.82, 2.24) is 20.3 Å². The lowest BCUT2D eigenvalue weighted by atomic mass is 10.0. The molecule has 0 aliphatic heterocycles. The predicted octanol–water partition coefficient (Wildman–Crippen LogP) is 1.14. The Morgan fingerprint density at radius 1 is 1.21 bits per heavy atom. The number of hydrogen-bond acceptors (Lipinski definition) is 7. The molecule has 0 saturated heterocycles. The van der Waals surface area contributed by atoms with E-state index in [1.165, 1.54) is 0 Å². The maximum absolute atomic E-state index is 12.6. The molecule has 0 aliphatic carbocycles. The number of amides is 1. The van der Waals surface area contributed by atoms with Crippen molar-refractivity contribution in [1.29, 1.82) is 0 Å². The van der Waals surface area contributed by atoms with Crippen LogP contribution in [0.15, 0.2) is 35.3 Å². The smallest absolute Gasteiger partial charge is 0.328 e. The summed E-state index contributed by atoms with van der Waals surface area (Å²) in [5, 5.41) is 11.9. The molecule has 11 heteroatoms. The van der Waals surface area contributed by atoms with Gasteiger partial charge in [-0.1, -0.05) is 12.1 Å². The van der Waals surface area contributed by atoms with Gasteiger partial charge in [0.15, 0.2) is 0 Å². The highest BCUT2D eigenvalue weighted by Gasteiger charge is 2.23. The summed E-state index contributed by atoms with van der Waals surface area (Å²) >= 11 is 0. The Labute approximate surface area is 188 Å². The highest BCUT2D eigenvalue weighted by molar-refractivity contribution is 5.96. The van der Waals surface area contributed by atoms with Crippen LogP contribution in [0, 0.1) is 0 Å². The van der Waals surface area contributed by atoms with Gasteiger partial charge in [-0.05, 0) is 49.4 Å². The number of carbonyl (C=O) groups excluding carboxylic acids is 2. The number of nitrogens with zero attached hydrogens (tertiary/aromatic N) is 1. The molecule has 1 aromatic carbocycles. The maximum Gasteiger partial charge on any atom is 0.328 e. The number of fused-ring (bicyclic) bond motifs is 1. The maximum atomic E-state index is 12.6. The predicted molar refractivity (Wildman–Crippen MR) is 120 cm³/mol. The fourth-order valence-electron chi connectivity index (χ4n) is 3.42. The number of carbonyl (C=O) groups is 3. The summed E-state index contributed by atoms with van der Waals surface area (Å²) in [7, 11) is 0. The van der Waals surface area contributed by atoms with Gasteiger partial charge in [-0.25, -0.2) is 4.79 Å². The molecule has 0 spiro atoms. The highest BCUT2D eigenvalue weighted by Crippen LogP contribution is 2.16. The molecule has 1 unspecified atom stereocenters. The molecule has 0 fully saturated rings. The quantitative estimate of drug-likeness (QED) is 0.282. The number of esters is 1. The van der Waals surface area contributed by atoms with E-state index in [1.54, 1.807) is 37.4 Å². The van der Waals surface area contributed by atoms with E-state index in [9.17, 15) is 19.2 Å². The van der Waals surface area contributed by atoms with Crippen molar-refractivity contribution in [3.05, 3.63) is 57.5 Å². The number of H-pyrrole nitrogens is 2. The van der Waals surface area contributed by atoms with Crippen LogP contribution in [0.1, 0.15) is 41.3 Å². The second-order valence-electron chi connectivity index (χ2n) is 7.40. The summed E-state index contributed by atoms with van der Waals surface area (Å²) in [4.78, 5) is 57.1. The molecule has 33 heavy (non-hydrogen) atoms. The zero-order valence-corrected chi connectivity index (χ0v) is 18.0. The van der Waals surface area contributed by atoms with Crippen molar-refractivity contribution >= 4 is 34.8 Å². The third-order valence-corrected chi connectivity index (χ3v) is 5.06. The van der Waals surface area contributed by atoms with Crippen LogP contribution in [0.2, 0.25) is 0 Å². The monoisotopic (exact) mass is 455 g/mol. The van der Waals surface area contributed by atoms with E-state index < -0.39 is 23.9 Å². The number of benzene rings is 1. The Balaban J connectivity index is 1.64. The van der Waals surface area contributed by atoms with E-state index in [-0.39, 0.29) is 31.0 Å². The zero-order chi connectivity index (χ0) is 24.0. The van der Waals surface area contributed by atoms with Crippen molar-refractivity contribution < 1.29 is 24.2 Å².